The summed E-state index contributed by atoms with van der Waals surface area (Å²) in [6.07, 6.45) is 5.11. The average Bonchev–Trinajstić information content (AvgIpc) is 2.24. The van der Waals surface area contributed by atoms with Gasteiger partial charge in [-0.1, -0.05) is 16.0 Å². The fourth-order valence-corrected chi connectivity index (χ4v) is 1.20. The van der Waals surface area contributed by atoms with Gasteiger partial charge in [-0.2, -0.15) is 0 Å². The molecule has 2 aromatic rings. The van der Waals surface area contributed by atoms with Gasteiger partial charge in [0.25, 0.3) is 0 Å². The number of hydrogen-bond donors (Lipinski definition) is 0. The van der Waals surface area contributed by atoms with E-state index in [2.05, 4.69) is 15.0 Å². The van der Waals surface area contributed by atoms with E-state index in [1.54, 1.807) is 10.9 Å². The van der Waals surface area contributed by atoms with E-state index in [4.69, 9.17) is 0 Å². The minimum absolute atomic E-state index is 0.631. The zero-order valence-corrected chi connectivity index (χ0v) is 8.70. The van der Waals surface area contributed by atoms with Gasteiger partial charge >= 0.3 is 5.95 Å². The van der Waals surface area contributed by atoms with Gasteiger partial charge in [0.1, 0.15) is 0 Å². The van der Waals surface area contributed by atoms with Gasteiger partial charge in [-0.05, 0) is 12.1 Å². The number of rotatable bonds is 1. The highest BCUT2D eigenvalue weighted by Crippen LogP contribution is 1.92. The van der Waals surface area contributed by atoms with E-state index in [0.717, 1.165) is 5.49 Å². The van der Waals surface area contributed by atoms with Gasteiger partial charge in [0.15, 0.2) is 11.8 Å². The fourth-order valence-electron chi connectivity index (χ4n) is 1.20. The summed E-state index contributed by atoms with van der Waals surface area (Å²) in [7, 11) is 3.81. The molecule has 76 valence electrons. The SMILES string of the molecule is Cn1ccccc1=Nc1ncnc[n+]1C. The predicted molar refractivity (Wildman–Crippen MR) is 53.8 cm³/mol. The fraction of sp³-hybridized carbons (Fsp3) is 0.200. The van der Waals surface area contributed by atoms with Crippen LogP contribution in [0.25, 0.3) is 0 Å². The Labute approximate surface area is 87.4 Å². The summed E-state index contributed by atoms with van der Waals surface area (Å²) in [6, 6.07) is 5.83. The molecule has 5 heteroatoms. The van der Waals surface area contributed by atoms with Gasteiger partial charge in [-0.3, -0.25) is 0 Å². The molecule has 0 atom stereocenters. The summed E-state index contributed by atoms with van der Waals surface area (Å²) in [5, 5.41) is 0. The lowest BCUT2D eigenvalue weighted by atomic mass is 10.5. The van der Waals surface area contributed by atoms with Crippen molar-refractivity contribution in [2.45, 2.75) is 0 Å². The predicted octanol–water partition coefficient (Wildman–Crippen LogP) is -0.128. The van der Waals surface area contributed by atoms with E-state index in [9.17, 15) is 0 Å². The van der Waals surface area contributed by atoms with Crippen LogP contribution in [-0.2, 0) is 14.1 Å². The largest absolute Gasteiger partial charge is 0.388 e. The Morgan fingerprint density at radius 3 is 3.00 bits per heavy atom. The zero-order chi connectivity index (χ0) is 10.7. The number of pyridine rings is 1. The first-order chi connectivity index (χ1) is 7.27. The Hall–Kier alpha value is -2.04. The van der Waals surface area contributed by atoms with Crippen molar-refractivity contribution < 1.29 is 4.57 Å². The van der Waals surface area contributed by atoms with Gasteiger partial charge in [0.2, 0.25) is 6.33 Å². The molecule has 0 spiro atoms. The van der Waals surface area contributed by atoms with Crippen molar-refractivity contribution in [3.8, 4) is 0 Å². The average molecular weight is 202 g/mol. The van der Waals surface area contributed by atoms with Crippen molar-refractivity contribution in [1.29, 1.82) is 0 Å². The molecule has 2 heterocycles. The second-order valence-corrected chi connectivity index (χ2v) is 3.20. The standard InChI is InChI=1S/C10H12N5/c1-14-6-4-3-5-9(14)13-10-12-7-11-8-15(10)2/h3-8H,1-2H3/q+1. The minimum Gasteiger partial charge on any atom is -0.326 e. The number of aromatic nitrogens is 4. The van der Waals surface area contributed by atoms with Crippen LogP contribution in [0.2, 0.25) is 0 Å². The topological polar surface area (TPSA) is 47.0 Å². The first-order valence-corrected chi connectivity index (χ1v) is 4.59. The van der Waals surface area contributed by atoms with Crippen molar-refractivity contribution in [2.24, 2.45) is 19.1 Å². The lowest BCUT2D eigenvalue weighted by molar-refractivity contribution is -0.664. The van der Waals surface area contributed by atoms with Crippen LogP contribution in [0.1, 0.15) is 0 Å². The molecule has 0 amide bonds. The molecular formula is C10H12N5+. The smallest absolute Gasteiger partial charge is 0.326 e. The molecule has 5 nitrogen and oxygen atoms in total. The summed E-state index contributed by atoms with van der Waals surface area (Å²) in [5.41, 5.74) is 0.854. The van der Waals surface area contributed by atoms with Crippen molar-refractivity contribution in [3.63, 3.8) is 0 Å². The molecule has 0 aromatic carbocycles. The molecule has 0 aliphatic heterocycles. The molecule has 2 aromatic heterocycles. The summed E-state index contributed by atoms with van der Waals surface area (Å²) >= 11 is 0. The summed E-state index contributed by atoms with van der Waals surface area (Å²) in [6.45, 7) is 0. The molecule has 0 N–H and O–H groups in total. The van der Waals surface area contributed by atoms with E-state index >= 15 is 0 Å². The second kappa shape index (κ2) is 4.00. The minimum atomic E-state index is 0.631. The van der Waals surface area contributed by atoms with Crippen molar-refractivity contribution in [1.82, 2.24) is 14.5 Å². The third-order valence-electron chi connectivity index (χ3n) is 2.04. The van der Waals surface area contributed by atoms with Gasteiger partial charge in [0.05, 0.1) is 7.05 Å². The van der Waals surface area contributed by atoms with Crippen LogP contribution in [0, 0.1) is 0 Å². The summed E-state index contributed by atoms with van der Waals surface area (Å²) < 4.78 is 3.70. The highest BCUT2D eigenvalue weighted by Gasteiger charge is 2.03. The quantitative estimate of drug-likeness (QED) is 0.605. The van der Waals surface area contributed by atoms with E-state index < -0.39 is 0 Å². The van der Waals surface area contributed by atoms with Gasteiger partial charge in [0, 0.05) is 13.2 Å². The van der Waals surface area contributed by atoms with Crippen LogP contribution in [0.4, 0.5) is 5.95 Å². The lowest BCUT2D eigenvalue weighted by Gasteiger charge is -1.95. The maximum atomic E-state index is 4.42. The molecule has 0 aliphatic rings. The molecule has 0 unspecified atom stereocenters. The molecule has 0 bridgehead atoms. The molecule has 0 aliphatic carbocycles. The van der Waals surface area contributed by atoms with Crippen LogP contribution in [0.3, 0.4) is 0 Å². The Morgan fingerprint density at radius 2 is 2.27 bits per heavy atom. The van der Waals surface area contributed by atoms with E-state index in [-0.39, 0.29) is 0 Å². The first kappa shape index (κ1) is 9.51. The zero-order valence-electron chi connectivity index (χ0n) is 8.70. The maximum absolute atomic E-state index is 4.42. The van der Waals surface area contributed by atoms with Gasteiger partial charge < -0.3 is 4.57 Å². The van der Waals surface area contributed by atoms with Gasteiger partial charge in [-0.15, -0.1) is 4.98 Å². The summed E-state index contributed by atoms with van der Waals surface area (Å²) in [4.78, 5) is 12.4. The maximum Gasteiger partial charge on any atom is 0.388 e. The summed E-state index contributed by atoms with van der Waals surface area (Å²) in [5.74, 6) is 0.631. The molecule has 0 saturated heterocycles. The number of aryl methyl sites for hydroxylation is 2. The van der Waals surface area contributed by atoms with Crippen molar-refractivity contribution in [2.75, 3.05) is 0 Å². The first-order valence-electron chi connectivity index (χ1n) is 4.59. The number of nitrogens with zero attached hydrogens (tertiary/aromatic N) is 5. The Balaban J connectivity index is 2.57. The van der Waals surface area contributed by atoms with E-state index in [0.29, 0.717) is 5.95 Å². The van der Waals surface area contributed by atoms with Crippen molar-refractivity contribution in [3.05, 3.63) is 42.5 Å². The molecule has 15 heavy (non-hydrogen) atoms. The van der Waals surface area contributed by atoms with Crippen LogP contribution in [0.5, 0.6) is 0 Å². The van der Waals surface area contributed by atoms with E-state index in [1.165, 1.54) is 6.33 Å². The van der Waals surface area contributed by atoms with Crippen LogP contribution in [0.15, 0.2) is 42.0 Å². The highest BCUT2D eigenvalue weighted by molar-refractivity contribution is 5.03. The van der Waals surface area contributed by atoms with E-state index in [1.807, 2.05) is 43.1 Å². The lowest BCUT2D eigenvalue weighted by Crippen LogP contribution is -2.30. The molecule has 2 rings (SSSR count). The molecule has 0 radical (unpaired) electrons. The van der Waals surface area contributed by atoms with Crippen LogP contribution in [-0.4, -0.2) is 14.5 Å². The van der Waals surface area contributed by atoms with Crippen LogP contribution < -0.4 is 10.1 Å². The Bertz CT molecular complexity index is 529. The van der Waals surface area contributed by atoms with Crippen LogP contribution >= 0.6 is 0 Å². The normalized spacial score (nSPS) is 11.7. The Morgan fingerprint density at radius 1 is 1.40 bits per heavy atom. The second-order valence-electron chi connectivity index (χ2n) is 3.20. The highest BCUT2D eigenvalue weighted by atomic mass is 15.2. The third-order valence-corrected chi connectivity index (χ3v) is 2.04. The molecular weight excluding hydrogens is 190 g/mol. The van der Waals surface area contributed by atoms with Gasteiger partial charge in [-0.25, -0.2) is 4.57 Å². The monoisotopic (exact) mass is 202 g/mol. The molecule has 0 fully saturated rings. The van der Waals surface area contributed by atoms with Crippen molar-refractivity contribution >= 4 is 5.95 Å². The third kappa shape index (κ3) is 2.07. The number of hydrogen-bond acceptors (Lipinski definition) is 3. The Kier molecular flexibility index (Phi) is 2.53. The molecule has 0 saturated carbocycles.